The van der Waals surface area contributed by atoms with Gasteiger partial charge in [0.1, 0.15) is 11.3 Å². The lowest BCUT2D eigenvalue weighted by Gasteiger charge is -2.15. The predicted octanol–water partition coefficient (Wildman–Crippen LogP) is 1.29. The molecule has 1 aromatic rings. The van der Waals surface area contributed by atoms with E-state index in [1.807, 2.05) is 0 Å². The topological polar surface area (TPSA) is 114 Å². The van der Waals surface area contributed by atoms with Gasteiger partial charge in [-0.25, -0.2) is 4.79 Å². The van der Waals surface area contributed by atoms with Gasteiger partial charge in [-0.3, -0.25) is 19.3 Å². The minimum absolute atomic E-state index is 0.00999. The molecule has 2 rings (SSSR count). The Morgan fingerprint density at radius 1 is 1.26 bits per heavy atom. The van der Waals surface area contributed by atoms with E-state index in [4.69, 9.17) is 9.47 Å². The molecular weight excluding hydrogens is 354 g/mol. The second-order valence-corrected chi connectivity index (χ2v) is 6.56. The van der Waals surface area contributed by atoms with Gasteiger partial charge in [0.15, 0.2) is 6.61 Å². The number of carbonyl (C=O) groups is 4. The van der Waals surface area contributed by atoms with Crippen LogP contribution in [0.4, 0.5) is 10.5 Å². The molecule has 27 heavy (non-hydrogen) atoms. The number of urea groups is 1. The number of hydrogen-bond acceptors (Lipinski definition) is 6. The zero-order valence-corrected chi connectivity index (χ0v) is 15.5. The SMILES string of the molecule is COc1cccc(NC(=O)COC(=O)CCCN2C(=O)NC(C)(C)C2=O)c1. The van der Waals surface area contributed by atoms with E-state index in [2.05, 4.69) is 10.6 Å². The molecule has 0 aliphatic carbocycles. The molecule has 1 aromatic carbocycles. The summed E-state index contributed by atoms with van der Waals surface area (Å²) < 4.78 is 9.96. The van der Waals surface area contributed by atoms with Crippen LogP contribution in [0.3, 0.4) is 0 Å². The summed E-state index contributed by atoms with van der Waals surface area (Å²) in [5.41, 5.74) is -0.410. The number of rotatable bonds is 8. The van der Waals surface area contributed by atoms with Crippen LogP contribution >= 0.6 is 0 Å². The summed E-state index contributed by atoms with van der Waals surface area (Å²) in [6, 6.07) is 6.30. The number of esters is 1. The highest BCUT2D eigenvalue weighted by Gasteiger charge is 2.43. The summed E-state index contributed by atoms with van der Waals surface area (Å²) in [6.07, 6.45) is 0.246. The maximum Gasteiger partial charge on any atom is 0.325 e. The van der Waals surface area contributed by atoms with Crippen LogP contribution in [0.25, 0.3) is 0 Å². The number of benzene rings is 1. The van der Waals surface area contributed by atoms with Gasteiger partial charge in [-0.2, -0.15) is 0 Å². The second kappa shape index (κ2) is 8.52. The first-order valence-electron chi connectivity index (χ1n) is 8.46. The van der Waals surface area contributed by atoms with E-state index in [9.17, 15) is 19.2 Å². The molecule has 9 nitrogen and oxygen atoms in total. The molecule has 1 aliphatic heterocycles. The van der Waals surface area contributed by atoms with Crippen molar-refractivity contribution in [2.24, 2.45) is 0 Å². The van der Waals surface area contributed by atoms with Gasteiger partial charge in [0, 0.05) is 24.7 Å². The number of imide groups is 1. The molecule has 0 atom stereocenters. The molecule has 1 aliphatic rings. The lowest BCUT2D eigenvalue weighted by molar-refractivity contribution is -0.147. The van der Waals surface area contributed by atoms with Crippen molar-refractivity contribution >= 4 is 29.5 Å². The Labute approximate surface area is 157 Å². The van der Waals surface area contributed by atoms with Gasteiger partial charge < -0.3 is 20.1 Å². The van der Waals surface area contributed by atoms with Crippen LogP contribution in [0.2, 0.25) is 0 Å². The Hall–Kier alpha value is -3.10. The summed E-state index contributed by atoms with van der Waals surface area (Å²) in [5, 5.41) is 5.15. The van der Waals surface area contributed by atoms with Crippen LogP contribution in [0.5, 0.6) is 5.75 Å². The van der Waals surface area contributed by atoms with Crippen molar-refractivity contribution in [1.29, 1.82) is 0 Å². The summed E-state index contributed by atoms with van der Waals surface area (Å²) in [5.74, 6) is -0.804. The molecule has 0 spiro atoms. The number of nitrogens with zero attached hydrogens (tertiary/aromatic N) is 1. The average molecular weight is 377 g/mol. The van der Waals surface area contributed by atoms with Gasteiger partial charge in [-0.1, -0.05) is 6.07 Å². The summed E-state index contributed by atoms with van der Waals surface area (Å²) in [4.78, 5) is 48.4. The van der Waals surface area contributed by atoms with Crippen LogP contribution in [0.15, 0.2) is 24.3 Å². The van der Waals surface area contributed by atoms with Crippen LogP contribution in [0, 0.1) is 0 Å². The maximum atomic E-state index is 12.0. The Morgan fingerprint density at radius 3 is 2.63 bits per heavy atom. The molecule has 1 heterocycles. The van der Waals surface area contributed by atoms with Crippen LogP contribution in [-0.2, 0) is 19.1 Å². The predicted molar refractivity (Wildman–Crippen MR) is 96.1 cm³/mol. The quantitative estimate of drug-likeness (QED) is 0.521. The molecule has 146 valence electrons. The minimum atomic E-state index is -0.935. The Balaban J connectivity index is 1.69. The molecule has 2 N–H and O–H groups in total. The molecule has 0 aromatic heterocycles. The number of hydrogen-bond donors (Lipinski definition) is 2. The zero-order chi connectivity index (χ0) is 20.0. The number of carbonyl (C=O) groups excluding carboxylic acids is 4. The molecule has 9 heteroatoms. The highest BCUT2D eigenvalue weighted by Crippen LogP contribution is 2.17. The Morgan fingerprint density at radius 2 is 2.00 bits per heavy atom. The molecule has 1 fully saturated rings. The first kappa shape index (κ1) is 20.2. The molecule has 0 radical (unpaired) electrons. The van der Waals surface area contributed by atoms with Gasteiger partial charge in [0.2, 0.25) is 0 Å². The van der Waals surface area contributed by atoms with Crippen molar-refractivity contribution in [3.8, 4) is 5.75 Å². The van der Waals surface area contributed by atoms with Crippen molar-refractivity contribution in [3.63, 3.8) is 0 Å². The smallest absolute Gasteiger partial charge is 0.325 e. The fourth-order valence-electron chi connectivity index (χ4n) is 2.52. The van der Waals surface area contributed by atoms with Crippen molar-refractivity contribution in [2.45, 2.75) is 32.2 Å². The van der Waals surface area contributed by atoms with Crippen LogP contribution in [0.1, 0.15) is 26.7 Å². The van der Waals surface area contributed by atoms with Gasteiger partial charge in [0.25, 0.3) is 11.8 Å². The monoisotopic (exact) mass is 377 g/mol. The molecule has 0 saturated carbocycles. The number of anilines is 1. The molecule has 0 bridgehead atoms. The van der Waals surface area contributed by atoms with E-state index in [0.717, 1.165) is 4.90 Å². The average Bonchev–Trinajstić information content (AvgIpc) is 2.81. The fourth-order valence-corrected chi connectivity index (χ4v) is 2.52. The lowest BCUT2D eigenvalue weighted by Crippen LogP contribution is -2.40. The molecular formula is C18H23N3O6. The normalized spacial score (nSPS) is 15.3. The maximum absolute atomic E-state index is 12.0. The van der Waals surface area contributed by atoms with E-state index >= 15 is 0 Å². The first-order chi connectivity index (χ1) is 12.7. The Kier molecular flexibility index (Phi) is 6.38. The number of ether oxygens (including phenoxy) is 2. The fraction of sp³-hybridized carbons (Fsp3) is 0.444. The molecule has 0 unspecified atom stereocenters. The highest BCUT2D eigenvalue weighted by atomic mass is 16.5. The van der Waals surface area contributed by atoms with Crippen molar-refractivity contribution in [1.82, 2.24) is 10.2 Å². The van der Waals surface area contributed by atoms with Gasteiger partial charge in [0.05, 0.1) is 7.11 Å². The van der Waals surface area contributed by atoms with E-state index in [1.54, 1.807) is 38.1 Å². The summed E-state index contributed by atoms with van der Waals surface area (Å²) >= 11 is 0. The molecule has 4 amide bonds. The first-order valence-corrected chi connectivity index (χ1v) is 8.46. The van der Waals surface area contributed by atoms with E-state index < -0.39 is 30.1 Å². The van der Waals surface area contributed by atoms with Gasteiger partial charge in [-0.15, -0.1) is 0 Å². The third-order valence-electron chi connectivity index (χ3n) is 3.92. The standard InChI is InChI=1S/C18H23N3O6/c1-18(2)16(24)21(17(25)20-18)9-5-8-15(23)27-11-14(22)19-12-6-4-7-13(10-12)26-3/h4,6-7,10H,5,8-9,11H2,1-3H3,(H,19,22)(H,20,25). The molecule has 1 saturated heterocycles. The van der Waals surface area contributed by atoms with Crippen molar-refractivity contribution < 1.29 is 28.7 Å². The van der Waals surface area contributed by atoms with Crippen molar-refractivity contribution in [2.75, 3.05) is 25.6 Å². The highest BCUT2D eigenvalue weighted by molar-refractivity contribution is 6.06. The number of amides is 4. The zero-order valence-electron chi connectivity index (χ0n) is 15.5. The number of methoxy groups -OCH3 is 1. The third kappa shape index (κ3) is 5.44. The Bertz CT molecular complexity index is 746. The van der Waals surface area contributed by atoms with Crippen LogP contribution in [-0.4, -0.2) is 54.5 Å². The van der Waals surface area contributed by atoms with Crippen molar-refractivity contribution in [3.05, 3.63) is 24.3 Å². The third-order valence-corrected chi connectivity index (χ3v) is 3.92. The van der Waals surface area contributed by atoms with Gasteiger partial charge in [-0.05, 0) is 32.4 Å². The number of nitrogens with one attached hydrogen (secondary N) is 2. The largest absolute Gasteiger partial charge is 0.497 e. The second-order valence-electron chi connectivity index (χ2n) is 6.56. The van der Waals surface area contributed by atoms with E-state index in [-0.39, 0.29) is 25.3 Å². The van der Waals surface area contributed by atoms with E-state index in [1.165, 1.54) is 7.11 Å². The summed E-state index contributed by atoms with van der Waals surface area (Å²) in [6.45, 7) is 2.91. The lowest BCUT2D eigenvalue weighted by atomic mass is 10.1. The van der Waals surface area contributed by atoms with Gasteiger partial charge >= 0.3 is 12.0 Å². The minimum Gasteiger partial charge on any atom is -0.497 e. The van der Waals surface area contributed by atoms with Crippen LogP contribution < -0.4 is 15.4 Å². The van der Waals surface area contributed by atoms with E-state index in [0.29, 0.717) is 11.4 Å². The summed E-state index contributed by atoms with van der Waals surface area (Å²) in [7, 11) is 1.52.